The number of nitrogens with one attached hydrogen (secondary N) is 2. The summed E-state index contributed by atoms with van der Waals surface area (Å²) in [5.74, 6) is -0.00317. The minimum atomic E-state index is -0.0322. The molecular weight excluding hydrogens is 352 g/mol. The highest BCUT2D eigenvalue weighted by molar-refractivity contribution is 5.85. The molecule has 0 radical (unpaired) electrons. The molecule has 0 spiro atoms. The number of carbonyl (C=O) groups is 1. The summed E-state index contributed by atoms with van der Waals surface area (Å²) in [6, 6.07) is 10.1. The summed E-state index contributed by atoms with van der Waals surface area (Å²) in [6.07, 6.45) is 3.67. The van der Waals surface area contributed by atoms with Gasteiger partial charge in [-0.15, -0.1) is 12.4 Å². The number of H-pyrrole nitrogens is 1. The first-order valence-corrected chi connectivity index (χ1v) is 8.99. The molecular formula is C19H27ClN4O2. The lowest BCUT2D eigenvalue weighted by Gasteiger charge is -2.35. The van der Waals surface area contributed by atoms with Crippen molar-refractivity contribution in [1.82, 2.24) is 15.2 Å². The third-order valence-corrected chi connectivity index (χ3v) is 4.86. The molecule has 1 amide bonds. The highest BCUT2D eigenvalue weighted by Gasteiger charge is 2.23. The van der Waals surface area contributed by atoms with E-state index in [9.17, 15) is 9.59 Å². The Morgan fingerprint density at radius 3 is 2.92 bits per heavy atom. The Kier molecular flexibility index (Phi) is 7.63. The molecule has 2 heterocycles. The van der Waals surface area contributed by atoms with E-state index in [-0.39, 0.29) is 29.9 Å². The van der Waals surface area contributed by atoms with E-state index in [1.165, 1.54) is 0 Å². The first-order valence-electron chi connectivity index (χ1n) is 8.99. The predicted molar refractivity (Wildman–Crippen MR) is 107 cm³/mol. The highest BCUT2D eigenvalue weighted by atomic mass is 35.5. The largest absolute Gasteiger partial charge is 0.354 e. The molecule has 1 unspecified atom stereocenters. The zero-order valence-corrected chi connectivity index (χ0v) is 15.7. The van der Waals surface area contributed by atoms with Gasteiger partial charge in [0.05, 0.1) is 0 Å². The number of halogens is 1. The number of carbonyl (C=O) groups excluding carboxylic acids is 1. The quantitative estimate of drug-likeness (QED) is 0.714. The van der Waals surface area contributed by atoms with Crippen LogP contribution in [-0.4, -0.2) is 41.5 Å². The van der Waals surface area contributed by atoms with E-state index in [4.69, 9.17) is 5.73 Å². The van der Waals surface area contributed by atoms with Gasteiger partial charge in [0.15, 0.2) is 0 Å². The van der Waals surface area contributed by atoms with E-state index in [1.54, 1.807) is 0 Å². The Labute approximate surface area is 159 Å². The van der Waals surface area contributed by atoms with Crippen molar-refractivity contribution in [2.24, 2.45) is 5.73 Å². The van der Waals surface area contributed by atoms with Gasteiger partial charge in [-0.1, -0.05) is 24.6 Å². The molecule has 1 aromatic carbocycles. The zero-order valence-electron chi connectivity index (χ0n) is 14.9. The maximum atomic E-state index is 12.4. The number of aromatic nitrogens is 1. The number of amides is 1. The maximum Gasteiger partial charge on any atom is 0.252 e. The standard InChI is InChI=1S/C19H26N4O2.ClH/c20-9-8-18(24)21-12-16-6-3-4-10-23(16)13-15-11-14-5-1-2-7-17(14)22-19(15)25;/h1-2,5,7,11,16H,3-4,6,8-10,12-13,20H2,(H,21,24)(H,22,25);1H. The number of rotatable bonds is 6. The molecule has 4 N–H and O–H groups in total. The van der Waals surface area contributed by atoms with E-state index < -0.39 is 0 Å². The van der Waals surface area contributed by atoms with Crippen LogP contribution >= 0.6 is 12.4 Å². The number of hydrogen-bond acceptors (Lipinski definition) is 4. The van der Waals surface area contributed by atoms with Crippen LogP contribution in [0.3, 0.4) is 0 Å². The number of nitrogens with two attached hydrogens (primary N) is 1. The number of pyridine rings is 1. The second-order valence-corrected chi connectivity index (χ2v) is 6.67. The number of aromatic amines is 1. The Morgan fingerprint density at radius 2 is 2.12 bits per heavy atom. The number of para-hydroxylation sites is 1. The molecule has 2 aromatic rings. The molecule has 26 heavy (non-hydrogen) atoms. The van der Waals surface area contributed by atoms with Gasteiger partial charge < -0.3 is 16.0 Å². The van der Waals surface area contributed by atoms with Gasteiger partial charge in [0.2, 0.25) is 5.91 Å². The lowest BCUT2D eigenvalue weighted by atomic mass is 10.0. The number of likely N-dealkylation sites (tertiary alicyclic amines) is 1. The molecule has 1 fully saturated rings. The molecule has 0 aliphatic carbocycles. The number of nitrogens with zero attached hydrogens (tertiary/aromatic N) is 1. The molecule has 1 aliphatic rings. The van der Waals surface area contributed by atoms with Gasteiger partial charge in [-0.25, -0.2) is 0 Å². The molecule has 1 atom stereocenters. The van der Waals surface area contributed by atoms with Gasteiger partial charge in [0, 0.05) is 43.2 Å². The third-order valence-electron chi connectivity index (χ3n) is 4.86. The summed E-state index contributed by atoms with van der Waals surface area (Å²) >= 11 is 0. The Morgan fingerprint density at radius 1 is 1.31 bits per heavy atom. The fraction of sp³-hybridized carbons (Fsp3) is 0.474. The van der Waals surface area contributed by atoms with Crippen LogP contribution in [0.1, 0.15) is 31.2 Å². The van der Waals surface area contributed by atoms with E-state index in [0.717, 1.165) is 42.3 Å². The van der Waals surface area contributed by atoms with Gasteiger partial charge in [0.25, 0.3) is 5.56 Å². The van der Waals surface area contributed by atoms with Crippen LogP contribution in [0.15, 0.2) is 35.1 Å². The van der Waals surface area contributed by atoms with Crippen molar-refractivity contribution < 1.29 is 4.79 Å². The second kappa shape index (κ2) is 9.71. The molecule has 1 aliphatic heterocycles. The zero-order chi connectivity index (χ0) is 17.6. The molecule has 0 bridgehead atoms. The summed E-state index contributed by atoms with van der Waals surface area (Å²) < 4.78 is 0. The first-order chi connectivity index (χ1) is 12.2. The number of fused-ring (bicyclic) bond motifs is 1. The van der Waals surface area contributed by atoms with Gasteiger partial charge in [0.1, 0.15) is 0 Å². The molecule has 1 saturated heterocycles. The SMILES string of the molecule is Cl.NCCC(=O)NCC1CCCCN1Cc1cc2ccccc2[nH]c1=O. The Balaban J connectivity index is 0.00000243. The molecule has 6 nitrogen and oxygen atoms in total. The lowest BCUT2D eigenvalue weighted by molar-refractivity contribution is -0.121. The minimum absolute atomic E-state index is 0. The van der Waals surface area contributed by atoms with Crippen LogP contribution < -0.4 is 16.6 Å². The summed E-state index contributed by atoms with van der Waals surface area (Å²) in [6.45, 7) is 2.54. The van der Waals surface area contributed by atoms with Crippen LogP contribution in [0.5, 0.6) is 0 Å². The third kappa shape index (κ3) is 5.06. The van der Waals surface area contributed by atoms with Crippen molar-refractivity contribution in [3.05, 3.63) is 46.2 Å². The monoisotopic (exact) mass is 378 g/mol. The van der Waals surface area contributed by atoms with Crippen LogP contribution in [0.4, 0.5) is 0 Å². The Hall–Kier alpha value is -1.89. The van der Waals surface area contributed by atoms with Crippen molar-refractivity contribution in [1.29, 1.82) is 0 Å². The van der Waals surface area contributed by atoms with Gasteiger partial charge in [-0.2, -0.15) is 0 Å². The van der Waals surface area contributed by atoms with Crippen molar-refractivity contribution in [3.63, 3.8) is 0 Å². The van der Waals surface area contributed by atoms with Crippen LogP contribution in [0, 0.1) is 0 Å². The van der Waals surface area contributed by atoms with Gasteiger partial charge >= 0.3 is 0 Å². The maximum absolute atomic E-state index is 12.4. The topological polar surface area (TPSA) is 91.2 Å². The number of hydrogen-bond donors (Lipinski definition) is 3. The predicted octanol–water partition coefficient (Wildman–Crippen LogP) is 1.77. The summed E-state index contributed by atoms with van der Waals surface area (Å²) in [7, 11) is 0. The van der Waals surface area contributed by atoms with Crippen molar-refractivity contribution >= 4 is 29.2 Å². The smallest absolute Gasteiger partial charge is 0.252 e. The average molecular weight is 379 g/mol. The summed E-state index contributed by atoms with van der Waals surface area (Å²) in [4.78, 5) is 29.4. The van der Waals surface area contributed by atoms with Crippen molar-refractivity contribution in [2.45, 2.75) is 38.3 Å². The van der Waals surface area contributed by atoms with E-state index in [1.807, 2.05) is 30.3 Å². The molecule has 1 aromatic heterocycles. The lowest BCUT2D eigenvalue weighted by Crippen LogP contribution is -2.47. The highest BCUT2D eigenvalue weighted by Crippen LogP contribution is 2.19. The second-order valence-electron chi connectivity index (χ2n) is 6.67. The first kappa shape index (κ1) is 20.4. The minimum Gasteiger partial charge on any atom is -0.354 e. The van der Waals surface area contributed by atoms with E-state index in [2.05, 4.69) is 15.2 Å². The van der Waals surface area contributed by atoms with Crippen LogP contribution in [0.25, 0.3) is 10.9 Å². The van der Waals surface area contributed by atoms with E-state index >= 15 is 0 Å². The fourth-order valence-electron chi connectivity index (χ4n) is 3.48. The molecule has 7 heteroatoms. The average Bonchev–Trinajstić information content (AvgIpc) is 2.62. The van der Waals surface area contributed by atoms with E-state index in [0.29, 0.717) is 26.1 Å². The number of piperidine rings is 1. The Bertz CT molecular complexity index is 792. The van der Waals surface area contributed by atoms with Crippen molar-refractivity contribution in [2.75, 3.05) is 19.6 Å². The number of benzene rings is 1. The van der Waals surface area contributed by atoms with Crippen LogP contribution in [0.2, 0.25) is 0 Å². The fourth-order valence-corrected chi connectivity index (χ4v) is 3.48. The normalized spacial score (nSPS) is 17.7. The van der Waals surface area contributed by atoms with Crippen molar-refractivity contribution in [3.8, 4) is 0 Å². The molecule has 142 valence electrons. The molecule has 0 saturated carbocycles. The molecule has 3 rings (SSSR count). The summed E-state index contributed by atoms with van der Waals surface area (Å²) in [5.41, 5.74) is 7.03. The van der Waals surface area contributed by atoms with Gasteiger partial charge in [-0.3, -0.25) is 14.5 Å². The van der Waals surface area contributed by atoms with Crippen LogP contribution in [-0.2, 0) is 11.3 Å². The van der Waals surface area contributed by atoms with Gasteiger partial charge in [-0.05, 0) is 36.9 Å². The summed E-state index contributed by atoms with van der Waals surface area (Å²) in [5, 5.41) is 4.01.